The number of aliphatic carboxylic acids is 1. The number of hydrogen-bond donors (Lipinski definition) is 2. The van der Waals surface area contributed by atoms with E-state index in [2.05, 4.69) is 15.0 Å². The van der Waals surface area contributed by atoms with E-state index in [0.717, 1.165) is 11.1 Å². The predicted molar refractivity (Wildman–Crippen MR) is 141 cm³/mol. The third-order valence-electron chi connectivity index (χ3n) is 6.13. The van der Waals surface area contributed by atoms with Gasteiger partial charge in [-0.3, -0.25) is 14.0 Å². The first-order chi connectivity index (χ1) is 18.1. The van der Waals surface area contributed by atoms with E-state index in [0.29, 0.717) is 22.5 Å². The van der Waals surface area contributed by atoms with Gasteiger partial charge in [0.25, 0.3) is 0 Å². The Labute approximate surface area is 222 Å². The number of nitrogens with one attached hydrogen (secondary N) is 1. The Morgan fingerprint density at radius 3 is 2.42 bits per heavy atom. The monoisotopic (exact) mass is 557 g/mol. The Balaban J connectivity index is 1.72. The molecule has 0 saturated heterocycles. The molecule has 0 bridgehead atoms. The first kappa shape index (κ1) is 27.3. The number of methoxy groups -OCH3 is 2. The molecule has 2 aromatic carbocycles. The quantitative estimate of drug-likeness (QED) is 0.297. The number of benzene rings is 2. The highest BCUT2D eigenvalue weighted by Crippen LogP contribution is 2.36. The summed E-state index contributed by atoms with van der Waals surface area (Å²) in [6, 6.07) is 9.15. The van der Waals surface area contributed by atoms with Gasteiger partial charge in [0.2, 0.25) is 9.84 Å². The average molecular weight is 558 g/mol. The number of hydrogen-bond acceptors (Lipinski definition) is 8. The fourth-order valence-electron chi connectivity index (χ4n) is 4.15. The van der Waals surface area contributed by atoms with Crippen LogP contribution in [-0.2, 0) is 37.6 Å². The standard InChI is InChI=1S/C26H27N3O7S2/c1-15-13-27-20(16(2)24(15)36-4)14-37(32)26-28-19-10-11-21(35-3)25(23(19)29-26)38(33,34)18-8-5-17(6-9-18)7-12-22(30)31/h5-6,8-11,13H,7,12,14H2,1-4H3,(H,28,29)(H,30,31). The fourth-order valence-corrected chi connectivity index (χ4v) is 6.80. The van der Waals surface area contributed by atoms with Gasteiger partial charge in [-0.25, -0.2) is 13.4 Å². The normalized spacial score (nSPS) is 12.4. The molecular weight excluding hydrogens is 530 g/mol. The molecule has 2 heterocycles. The zero-order chi connectivity index (χ0) is 27.6. The van der Waals surface area contributed by atoms with Crippen LogP contribution in [0.3, 0.4) is 0 Å². The molecule has 0 aliphatic heterocycles. The molecule has 12 heteroatoms. The van der Waals surface area contributed by atoms with Crippen LogP contribution < -0.4 is 9.47 Å². The molecule has 0 radical (unpaired) electrons. The van der Waals surface area contributed by atoms with E-state index >= 15 is 0 Å². The summed E-state index contributed by atoms with van der Waals surface area (Å²) in [5.41, 5.74) is 3.41. The molecule has 2 aromatic heterocycles. The van der Waals surface area contributed by atoms with Crippen molar-refractivity contribution in [3.63, 3.8) is 0 Å². The summed E-state index contributed by atoms with van der Waals surface area (Å²) in [7, 11) is -2.83. The number of carboxylic acid groups (broad SMARTS) is 1. The van der Waals surface area contributed by atoms with Crippen molar-refractivity contribution in [2.45, 2.75) is 47.4 Å². The van der Waals surface area contributed by atoms with E-state index < -0.39 is 26.6 Å². The van der Waals surface area contributed by atoms with Crippen LogP contribution in [0.2, 0.25) is 0 Å². The molecule has 2 N–H and O–H groups in total. The fraction of sp³-hybridized carbons (Fsp3) is 0.269. The van der Waals surface area contributed by atoms with E-state index in [1.165, 1.54) is 25.3 Å². The first-order valence-corrected chi connectivity index (χ1v) is 14.4. The molecule has 200 valence electrons. The Morgan fingerprint density at radius 2 is 1.79 bits per heavy atom. The highest BCUT2D eigenvalue weighted by atomic mass is 32.2. The number of fused-ring (bicyclic) bond motifs is 1. The highest BCUT2D eigenvalue weighted by molar-refractivity contribution is 7.91. The lowest BCUT2D eigenvalue weighted by Crippen LogP contribution is -2.06. The van der Waals surface area contributed by atoms with Crippen molar-refractivity contribution in [1.29, 1.82) is 0 Å². The summed E-state index contributed by atoms with van der Waals surface area (Å²) in [5.74, 6) is -0.114. The van der Waals surface area contributed by atoms with Crippen molar-refractivity contribution in [3.8, 4) is 11.5 Å². The van der Waals surface area contributed by atoms with E-state index in [1.807, 2.05) is 13.8 Å². The first-order valence-electron chi connectivity index (χ1n) is 11.6. The van der Waals surface area contributed by atoms with Crippen molar-refractivity contribution in [3.05, 3.63) is 65.0 Å². The number of pyridine rings is 1. The molecular formula is C26H27N3O7S2. The maximum atomic E-state index is 13.7. The number of ether oxygens (including phenoxy) is 2. The van der Waals surface area contributed by atoms with Gasteiger partial charge < -0.3 is 19.6 Å². The lowest BCUT2D eigenvalue weighted by molar-refractivity contribution is -0.136. The van der Waals surface area contributed by atoms with Crippen LogP contribution in [0.5, 0.6) is 11.5 Å². The van der Waals surface area contributed by atoms with Gasteiger partial charge in [-0.15, -0.1) is 0 Å². The van der Waals surface area contributed by atoms with E-state index in [-0.39, 0.29) is 44.8 Å². The van der Waals surface area contributed by atoms with Gasteiger partial charge in [-0.2, -0.15) is 0 Å². The lowest BCUT2D eigenvalue weighted by atomic mass is 10.1. The molecule has 1 atom stereocenters. The summed E-state index contributed by atoms with van der Waals surface area (Å²) in [4.78, 5) is 22.5. The number of aromatic nitrogens is 3. The smallest absolute Gasteiger partial charge is 0.303 e. The molecule has 4 aromatic rings. The molecule has 10 nitrogen and oxygen atoms in total. The van der Waals surface area contributed by atoms with Crippen LogP contribution in [0, 0.1) is 13.8 Å². The van der Waals surface area contributed by atoms with Crippen LogP contribution in [0.1, 0.15) is 28.8 Å². The van der Waals surface area contributed by atoms with Crippen molar-refractivity contribution in [2.24, 2.45) is 0 Å². The zero-order valence-electron chi connectivity index (χ0n) is 21.3. The third-order valence-corrected chi connectivity index (χ3v) is 9.12. The summed E-state index contributed by atoms with van der Waals surface area (Å²) in [6.45, 7) is 3.71. The van der Waals surface area contributed by atoms with E-state index in [9.17, 15) is 17.4 Å². The number of aromatic amines is 1. The predicted octanol–water partition coefficient (Wildman–Crippen LogP) is 3.75. The molecule has 38 heavy (non-hydrogen) atoms. The van der Waals surface area contributed by atoms with Crippen LogP contribution in [0.4, 0.5) is 0 Å². The van der Waals surface area contributed by atoms with Gasteiger partial charge in [0.05, 0.1) is 46.9 Å². The average Bonchev–Trinajstić information content (AvgIpc) is 3.33. The van der Waals surface area contributed by atoms with Gasteiger partial charge in [-0.1, -0.05) is 12.1 Å². The molecule has 1 unspecified atom stereocenters. The van der Waals surface area contributed by atoms with Gasteiger partial charge in [0.15, 0.2) is 5.16 Å². The van der Waals surface area contributed by atoms with Crippen LogP contribution in [0.15, 0.2) is 57.5 Å². The minimum Gasteiger partial charge on any atom is -0.496 e. The number of imidazole rings is 1. The van der Waals surface area contributed by atoms with E-state index in [4.69, 9.17) is 14.6 Å². The van der Waals surface area contributed by atoms with Crippen molar-refractivity contribution >= 4 is 37.6 Å². The van der Waals surface area contributed by atoms with Gasteiger partial charge in [-0.05, 0) is 50.1 Å². The number of rotatable bonds is 10. The van der Waals surface area contributed by atoms with E-state index in [1.54, 1.807) is 31.5 Å². The number of aryl methyl sites for hydroxylation is 2. The second kappa shape index (κ2) is 10.9. The summed E-state index contributed by atoms with van der Waals surface area (Å²) < 4.78 is 51.5. The number of nitrogens with zero attached hydrogens (tertiary/aromatic N) is 2. The maximum Gasteiger partial charge on any atom is 0.303 e. The minimum atomic E-state index is -4.10. The maximum absolute atomic E-state index is 13.7. The van der Waals surface area contributed by atoms with Crippen molar-refractivity contribution < 1.29 is 32.0 Å². The van der Waals surface area contributed by atoms with Gasteiger partial charge >= 0.3 is 5.97 Å². The molecule has 0 aliphatic carbocycles. The number of carbonyl (C=O) groups is 1. The van der Waals surface area contributed by atoms with Gasteiger partial charge in [0.1, 0.15) is 21.9 Å². The second-order valence-corrected chi connectivity index (χ2v) is 11.9. The molecule has 0 fully saturated rings. The van der Waals surface area contributed by atoms with Crippen LogP contribution in [-0.4, -0.2) is 52.9 Å². The van der Waals surface area contributed by atoms with Crippen molar-refractivity contribution in [2.75, 3.05) is 14.2 Å². The lowest BCUT2D eigenvalue weighted by Gasteiger charge is -2.11. The molecule has 0 aliphatic rings. The van der Waals surface area contributed by atoms with Crippen LogP contribution in [0.25, 0.3) is 11.0 Å². The summed E-state index contributed by atoms with van der Waals surface area (Å²) in [6.07, 6.45) is 1.88. The molecule has 0 saturated carbocycles. The molecule has 0 amide bonds. The molecule has 4 rings (SSSR count). The Hall–Kier alpha value is -3.77. The zero-order valence-corrected chi connectivity index (χ0v) is 22.9. The number of sulfone groups is 1. The summed E-state index contributed by atoms with van der Waals surface area (Å²) in [5, 5.41) is 8.99. The van der Waals surface area contributed by atoms with Crippen molar-refractivity contribution in [1.82, 2.24) is 15.0 Å². The second-order valence-electron chi connectivity index (χ2n) is 8.61. The number of carboxylic acids is 1. The summed E-state index contributed by atoms with van der Waals surface area (Å²) >= 11 is 0. The topological polar surface area (TPSA) is 149 Å². The molecule has 0 spiro atoms. The Bertz CT molecular complexity index is 1650. The van der Waals surface area contributed by atoms with Gasteiger partial charge in [0, 0.05) is 23.7 Å². The highest BCUT2D eigenvalue weighted by Gasteiger charge is 2.28. The third kappa shape index (κ3) is 5.27. The largest absolute Gasteiger partial charge is 0.496 e. The SMILES string of the molecule is COc1ccc2[nH]c(S(=O)Cc3ncc(C)c(OC)c3C)nc2c1S(=O)(=O)c1ccc(CCC(=O)O)cc1. The number of H-pyrrole nitrogens is 1. The minimum absolute atomic E-state index is 0.000349. The Morgan fingerprint density at radius 1 is 1.08 bits per heavy atom. The Kier molecular flexibility index (Phi) is 7.83. The van der Waals surface area contributed by atoms with Crippen LogP contribution >= 0.6 is 0 Å².